The summed E-state index contributed by atoms with van der Waals surface area (Å²) < 4.78 is 40.0. The lowest BCUT2D eigenvalue weighted by Gasteiger charge is -2.33. The van der Waals surface area contributed by atoms with Crippen LogP contribution in [0.1, 0.15) is 383 Å². The van der Waals surface area contributed by atoms with Crippen LogP contribution in [-0.2, 0) is 39.8 Å². The molecule has 0 bridgehead atoms. The lowest BCUT2D eigenvalue weighted by atomic mass is 9.75. The first-order chi connectivity index (χ1) is 57.2. The van der Waals surface area contributed by atoms with E-state index in [1.165, 1.54) is 162 Å². The zero-order valence-corrected chi connectivity index (χ0v) is 80.8. The zero-order chi connectivity index (χ0) is 88.1. The number of nitrogens with zero attached hydrogens (tertiary/aromatic N) is 2. The third-order valence-electron chi connectivity index (χ3n) is 27.6. The minimum Gasteiger partial charge on any atom is -0.466 e. The predicted molar refractivity (Wildman–Crippen MR) is 509 cm³/mol. The van der Waals surface area contributed by atoms with E-state index in [9.17, 15) is 19.1 Å². The average molecular weight is 1670 g/mol. The van der Waals surface area contributed by atoms with Gasteiger partial charge in [0.2, 0.25) is 0 Å². The van der Waals surface area contributed by atoms with E-state index in [2.05, 4.69) is 218 Å². The summed E-state index contributed by atoms with van der Waals surface area (Å²) in [5.41, 5.74) is 9.46. The Hall–Kier alpha value is -5.05. The van der Waals surface area contributed by atoms with Crippen molar-refractivity contribution in [2.75, 3.05) is 82.0 Å². The highest BCUT2D eigenvalue weighted by Crippen LogP contribution is 2.39. The van der Waals surface area contributed by atoms with Crippen LogP contribution < -0.4 is 15.5 Å². The second-order valence-corrected chi connectivity index (χ2v) is 40.3. The number of benzene rings is 4. The summed E-state index contributed by atoms with van der Waals surface area (Å²) in [4.78, 5) is 27.6. The number of carbonyl (C=O) groups excluding carboxylic acids is 2. The SMILES string of the molecule is CC(C)C1CCC(CCC(C)(C)O)CC1.CC(C)C1CCCCC1.CC(C)c1ccc(CN2CCOC[C@@H]2C)cc1.CC(C)c1ccc(N(C)C2CCOCC2)cc1.CC(C)c1ccc(NC2CCCC2)cc1.CC(C)c1ccc(NC2CCOCC2)c(F)c1.CCOC(=O)C1CCC(C(C)C)CC1.CCOC(=O)CCC1CCC(C(C)C)CC1. The molecular weight excluding hydrogens is 1490 g/mol. The van der Waals surface area contributed by atoms with Crippen molar-refractivity contribution >= 4 is 29.0 Å². The quantitative estimate of drug-likeness (QED) is 0.0546. The van der Waals surface area contributed by atoms with Crippen molar-refractivity contribution in [1.82, 2.24) is 4.90 Å². The maximum Gasteiger partial charge on any atom is 0.308 e. The van der Waals surface area contributed by atoms with E-state index in [1.807, 2.05) is 39.8 Å². The van der Waals surface area contributed by atoms with Gasteiger partial charge in [0.05, 0.1) is 43.6 Å². The number of hydrogen-bond donors (Lipinski definition) is 3. The molecule has 12 nitrogen and oxygen atoms in total. The van der Waals surface area contributed by atoms with Crippen molar-refractivity contribution in [3.05, 3.63) is 125 Å². The molecule has 5 saturated carbocycles. The van der Waals surface area contributed by atoms with Crippen LogP contribution in [0, 0.1) is 70.9 Å². The molecule has 0 unspecified atom stereocenters. The number of morpholine rings is 1. The Balaban J connectivity index is 0.000000245. The summed E-state index contributed by atoms with van der Waals surface area (Å²) in [6, 6.07) is 34.6. The number of carbonyl (C=O) groups is 2. The maximum absolute atomic E-state index is 13.9. The van der Waals surface area contributed by atoms with Gasteiger partial charge in [-0.25, -0.2) is 4.39 Å². The fourth-order valence-corrected chi connectivity index (χ4v) is 18.4. The molecular formula is C107H181FN4O8. The molecule has 3 aliphatic heterocycles. The van der Waals surface area contributed by atoms with Gasteiger partial charge in [-0.15, -0.1) is 0 Å². The molecule has 4 aromatic carbocycles. The van der Waals surface area contributed by atoms with E-state index in [1.54, 1.807) is 6.07 Å². The van der Waals surface area contributed by atoms with Crippen LogP contribution >= 0.6 is 0 Å². The standard InChI is InChI=1S/2C15H23NO.C14H20FNO.C14H21N.C14H26O2.C14H28O.C12H22O2.C9H18/c1-12(2)13-4-6-14(7-5-13)16(3)15-8-10-17-11-9-15;1-12(2)15-6-4-14(5-7-15)10-16-8-9-17-11-13(16)3;1-10(2)11-3-4-14(13(15)9-11)16-12-5-7-17-8-6-12;1-11(2)12-7-9-14(10-8-12)15-13-5-3-4-6-13;1-4-16-14(15)10-7-12-5-8-13(9-6-12)11(2)3;1-11(2)13-7-5-12(6-8-13)9-10-14(3,4)15;1-4-14-12(13)11-7-5-10(6-8-11)9(2)3;1-8(2)9-6-4-3-5-7-9/h4-7,12,15H,8-11H2,1-3H3;4-7,12-13H,8-11H2,1-3H3;3-4,9-10,12,16H,5-8H2,1-2H3;7-11,13,15H,3-6H2,1-2H3;11-13H,4-10H2,1-3H3;11-13,15H,5-10H2,1-4H3;9-11H,4-8H2,1-3H3;8-9H,3-7H2,1-2H3/t;13-;;;;;;/m.0....../s1. The van der Waals surface area contributed by atoms with E-state index < -0.39 is 5.60 Å². The summed E-state index contributed by atoms with van der Waals surface area (Å²) in [5, 5.41) is 16.6. The van der Waals surface area contributed by atoms with Crippen LogP contribution in [0.15, 0.2) is 91.0 Å². The molecule has 0 radical (unpaired) electrons. The van der Waals surface area contributed by atoms with Crippen LogP contribution in [0.4, 0.5) is 21.5 Å². The minimum absolute atomic E-state index is 0.0199. The smallest absolute Gasteiger partial charge is 0.308 e. The van der Waals surface area contributed by atoms with E-state index >= 15 is 0 Å². The number of hydrogen-bond acceptors (Lipinski definition) is 12. The first kappa shape index (κ1) is 105. The summed E-state index contributed by atoms with van der Waals surface area (Å²) in [5.74, 6) is 11.0. The first-order valence-electron chi connectivity index (χ1n) is 49.1. The second kappa shape index (κ2) is 58.3. The number of ether oxygens (including phenoxy) is 5. The molecule has 0 aromatic heterocycles. The normalized spacial score (nSPS) is 22.1. The van der Waals surface area contributed by atoms with Crippen LogP contribution in [0.25, 0.3) is 0 Å². The Labute approximate surface area is 735 Å². The fourth-order valence-electron chi connectivity index (χ4n) is 18.4. The molecule has 8 fully saturated rings. The third-order valence-corrected chi connectivity index (χ3v) is 27.6. The van der Waals surface area contributed by atoms with Crippen molar-refractivity contribution in [1.29, 1.82) is 0 Å². The van der Waals surface area contributed by atoms with Gasteiger partial charge < -0.3 is 44.3 Å². The molecule has 0 spiro atoms. The molecule has 3 saturated heterocycles. The average Bonchev–Trinajstić information content (AvgIpc) is 1.10. The number of rotatable bonds is 25. The van der Waals surface area contributed by atoms with E-state index in [-0.39, 0.29) is 23.7 Å². The molecule has 3 N–H and O–H groups in total. The number of nitrogens with one attached hydrogen (secondary N) is 2. The zero-order valence-electron chi connectivity index (χ0n) is 80.8. The van der Waals surface area contributed by atoms with Crippen molar-refractivity contribution < 1.29 is 42.8 Å². The Kier molecular flexibility index (Phi) is 51.2. The molecule has 4 aromatic rings. The number of halogens is 1. The van der Waals surface area contributed by atoms with Gasteiger partial charge >= 0.3 is 11.9 Å². The molecule has 0 amide bonds. The molecule has 1 atom stereocenters. The monoisotopic (exact) mass is 1670 g/mol. The van der Waals surface area contributed by atoms with E-state index in [0.717, 1.165) is 175 Å². The van der Waals surface area contributed by atoms with Crippen molar-refractivity contribution in [2.45, 2.75) is 392 Å². The minimum atomic E-state index is -0.463. The Morgan fingerprint density at radius 3 is 1.36 bits per heavy atom. The third kappa shape index (κ3) is 42.3. The number of anilines is 3. The van der Waals surface area contributed by atoms with Crippen molar-refractivity contribution in [3.8, 4) is 0 Å². The lowest BCUT2D eigenvalue weighted by molar-refractivity contribution is -0.149. The maximum atomic E-state index is 13.9. The molecule has 13 heteroatoms. The van der Waals surface area contributed by atoms with Crippen molar-refractivity contribution in [3.63, 3.8) is 0 Å². The number of esters is 2. The molecule has 5 aliphatic carbocycles. The summed E-state index contributed by atoms with van der Waals surface area (Å²) >= 11 is 0. The van der Waals surface area contributed by atoms with E-state index in [0.29, 0.717) is 67.1 Å². The highest BCUT2D eigenvalue weighted by atomic mass is 19.1. The molecule has 684 valence electrons. The Morgan fingerprint density at radius 2 is 0.917 bits per heavy atom. The molecule has 3 heterocycles. The molecule has 8 aliphatic rings. The largest absolute Gasteiger partial charge is 0.466 e. The van der Waals surface area contributed by atoms with Crippen LogP contribution in [0.3, 0.4) is 0 Å². The summed E-state index contributed by atoms with van der Waals surface area (Å²) in [6.07, 6.45) is 36.3. The number of aliphatic hydroxyl groups is 1. The van der Waals surface area contributed by atoms with Crippen LogP contribution in [0.5, 0.6) is 0 Å². The van der Waals surface area contributed by atoms with Gasteiger partial charge in [0.15, 0.2) is 0 Å². The van der Waals surface area contributed by atoms with Gasteiger partial charge in [0.1, 0.15) is 5.82 Å². The first-order valence-corrected chi connectivity index (χ1v) is 49.1. The van der Waals surface area contributed by atoms with Gasteiger partial charge in [-0.05, 0) is 291 Å². The van der Waals surface area contributed by atoms with Crippen LogP contribution in [-0.4, -0.2) is 118 Å². The molecule has 120 heavy (non-hydrogen) atoms. The van der Waals surface area contributed by atoms with E-state index in [4.69, 9.17) is 23.7 Å². The van der Waals surface area contributed by atoms with Gasteiger partial charge in [0, 0.05) is 88.5 Å². The van der Waals surface area contributed by atoms with Gasteiger partial charge in [0.25, 0.3) is 0 Å². The topological polar surface area (TPSA) is 131 Å². The summed E-state index contributed by atoms with van der Waals surface area (Å²) in [7, 11) is 2.19. The van der Waals surface area contributed by atoms with Crippen molar-refractivity contribution in [2.24, 2.45) is 65.1 Å². The molecule has 12 rings (SSSR count). The summed E-state index contributed by atoms with van der Waals surface area (Å²) in [6.45, 7) is 54.2. The lowest BCUT2D eigenvalue weighted by Crippen LogP contribution is -2.42. The highest BCUT2D eigenvalue weighted by Gasteiger charge is 2.30. The van der Waals surface area contributed by atoms with Crippen LogP contribution in [0.2, 0.25) is 0 Å². The van der Waals surface area contributed by atoms with Gasteiger partial charge in [-0.1, -0.05) is 236 Å². The highest BCUT2D eigenvalue weighted by molar-refractivity contribution is 5.72. The fraction of sp³-hybridized carbons (Fsp3) is 0.757. The van der Waals surface area contributed by atoms with Gasteiger partial charge in [-0.3, -0.25) is 14.5 Å². The van der Waals surface area contributed by atoms with Gasteiger partial charge in [-0.2, -0.15) is 0 Å². The Bertz CT molecular complexity index is 3240. The predicted octanol–water partition coefficient (Wildman–Crippen LogP) is 28.2. The second-order valence-electron chi connectivity index (χ2n) is 40.3. The Morgan fingerprint density at radius 1 is 0.492 bits per heavy atom.